The van der Waals surface area contributed by atoms with E-state index >= 15 is 0 Å². The molecule has 0 aliphatic rings. The number of ketones is 1. The summed E-state index contributed by atoms with van der Waals surface area (Å²) >= 11 is 6.95. The predicted molar refractivity (Wildman–Crippen MR) is 60.9 cm³/mol. The van der Waals surface area contributed by atoms with Crippen LogP contribution in [-0.2, 0) is 0 Å². The Morgan fingerprint density at radius 3 is 2.56 bits per heavy atom. The summed E-state index contributed by atoms with van der Waals surface area (Å²) in [5, 5.41) is 0. The summed E-state index contributed by atoms with van der Waals surface area (Å²) in [6, 6.07) is 4.12. The lowest BCUT2D eigenvalue weighted by molar-refractivity contribution is -0.275. The monoisotopic (exact) mass is 364 g/mol. The third-order valence-corrected chi connectivity index (χ3v) is 2.70. The number of hydrogen-bond acceptors (Lipinski definition) is 2. The first-order valence-electron chi connectivity index (χ1n) is 3.98. The van der Waals surface area contributed by atoms with Crippen molar-refractivity contribution in [3.05, 3.63) is 27.3 Å². The number of rotatable bonds is 3. The van der Waals surface area contributed by atoms with Gasteiger partial charge in [-0.25, -0.2) is 0 Å². The molecule has 0 saturated carbocycles. The highest BCUT2D eigenvalue weighted by Crippen LogP contribution is 2.31. The van der Waals surface area contributed by atoms with Crippen LogP contribution in [0.5, 0.6) is 5.75 Å². The Morgan fingerprint density at radius 1 is 1.44 bits per heavy atom. The van der Waals surface area contributed by atoms with Crippen LogP contribution in [0.3, 0.4) is 0 Å². The van der Waals surface area contributed by atoms with Crippen molar-refractivity contribution in [2.24, 2.45) is 0 Å². The minimum atomic E-state index is -4.83. The first-order chi connectivity index (χ1) is 7.35. The molecule has 1 rings (SSSR count). The van der Waals surface area contributed by atoms with Gasteiger partial charge in [-0.3, -0.25) is 4.79 Å². The highest BCUT2D eigenvalue weighted by atomic mass is 127. The van der Waals surface area contributed by atoms with E-state index in [-0.39, 0.29) is 9.13 Å². The number of ether oxygens (including phenoxy) is 1. The molecule has 0 aromatic heterocycles. The van der Waals surface area contributed by atoms with E-state index in [1.807, 2.05) is 0 Å². The van der Waals surface area contributed by atoms with Gasteiger partial charge < -0.3 is 4.74 Å². The van der Waals surface area contributed by atoms with Crippen molar-refractivity contribution < 1.29 is 22.7 Å². The summed E-state index contributed by atoms with van der Waals surface area (Å²) in [6.45, 7) is 0. The van der Waals surface area contributed by atoms with Gasteiger partial charge >= 0.3 is 6.36 Å². The first-order valence-corrected chi connectivity index (χ1v) is 5.60. The second kappa shape index (κ2) is 5.22. The molecule has 0 aliphatic carbocycles. The third kappa shape index (κ3) is 3.51. The number of para-hydroxylation sites is 1. The van der Waals surface area contributed by atoms with Crippen molar-refractivity contribution >= 4 is 40.0 Å². The van der Waals surface area contributed by atoms with E-state index in [9.17, 15) is 18.0 Å². The molecule has 88 valence electrons. The fourth-order valence-corrected chi connectivity index (χ4v) is 1.77. The Morgan fingerprint density at radius 2 is 2.06 bits per heavy atom. The summed E-state index contributed by atoms with van der Waals surface area (Å²) < 4.78 is 40.3. The van der Waals surface area contributed by atoms with Crippen LogP contribution in [0.1, 0.15) is 10.4 Å². The molecule has 0 radical (unpaired) electrons. The molecular weight excluding hydrogens is 359 g/mol. The number of benzene rings is 1. The van der Waals surface area contributed by atoms with Crippen LogP contribution in [-0.4, -0.2) is 18.0 Å². The molecule has 0 N–H and O–H groups in total. The van der Waals surface area contributed by atoms with Crippen LogP contribution in [0, 0.1) is 3.57 Å². The number of Topliss-reactive ketones (excluding diaryl/α,β-unsaturated/α-hetero) is 1. The second-order valence-electron chi connectivity index (χ2n) is 2.72. The standard InChI is InChI=1S/C9H5ClF3IO2/c10-4-7(15)5-2-1-3-6(14)8(5)16-9(11,12)13/h1-3H,4H2. The Hall–Kier alpha value is -0.500. The maximum absolute atomic E-state index is 12.1. The van der Waals surface area contributed by atoms with Crippen LogP contribution < -0.4 is 4.74 Å². The van der Waals surface area contributed by atoms with Gasteiger partial charge in [-0.2, -0.15) is 0 Å². The summed E-state index contributed by atoms with van der Waals surface area (Å²) in [4.78, 5) is 11.3. The molecule has 16 heavy (non-hydrogen) atoms. The van der Waals surface area contributed by atoms with Gasteiger partial charge in [-0.1, -0.05) is 6.07 Å². The van der Waals surface area contributed by atoms with Crippen molar-refractivity contribution in [3.8, 4) is 5.75 Å². The topological polar surface area (TPSA) is 26.3 Å². The SMILES string of the molecule is O=C(CCl)c1cccc(I)c1OC(F)(F)F. The first kappa shape index (κ1) is 13.6. The molecule has 2 nitrogen and oxygen atoms in total. The Balaban J connectivity index is 3.19. The van der Waals surface area contributed by atoms with Crippen molar-refractivity contribution in [1.82, 2.24) is 0 Å². The van der Waals surface area contributed by atoms with E-state index in [0.717, 1.165) is 0 Å². The summed E-state index contributed by atoms with van der Waals surface area (Å²) in [7, 11) is 0. The third-order valence-electron chi connectivity index (χ3n) is 1.61. The van der Waals surface area contributed by atoms with Gasteiger partial charge in [0.15, 0.2) is 11.5 Å². The van der Waals surface area contributed by atoms with Crippen LogP contribution >= 0.6 is 34.2 Å². The Labute approximate surface area is 108 Å². The quantitative estimate of drug-likeness (QED) is 0.465. The highest BCUT2D eigenvalue weighted by Gasteiger charge is 2.33. The molecule has 0 unspecified atom stereocenters. The highest BCUT2D eigenvalue weighted by molar-refractivity contribution is 14.1. The van der Waals surface area contributed by atoms with Crippen molar-refractivity contribution in [1.29, 1.82) is 0 Å². The maximum Gasteiger partial charge on any atom is 0.573 e. The van der Waals surface area contributed by atoms with Gasteiger partial charge in [-0.15, -0.1) is 24.8 Å². The largest absolute Gasteiger partial charge is 0.573 e. The molecule has 0 atom stereocenters. The maximum atomic E-state index is 12.1. The van der Waals surface area contributed by atoms with E-state index < -0.39 is 23.8 Å². The molecule has 1 aromatic carbocycles. The van der Waals surface area contributed by atoms with Gasteiger partial charge in [0.25, 0.3) is 0 Å². The van der Waals surface area contributed by atoms with E-state index in [2.05, 4.69) is 4.74 Å². The summed E-state index contributed by atoms with van der Waals surface area (Å²) in [6.07, 6.45) is -4.83. The fourth-order valence-electron chi connectivity index (χ4n) is 1.02. The van der Waals surface area contributed by atoms with Crippen LogP contribution in [0.4, 0.5) is 13.2 Å². The normalized spacial score (nSPS) is 11.3. The number of hydrogen-bond donors (Lipinski definition) is 0. The number of carbonyl (C=O) groups is 1. The predicted octanol–water partition coefficient (Wildman–Crippen LogP) is 3.61. The smallest absolute Gasteiger partial charge is 0.404 e. The Kier molecular flexibility index (Phi) is 4.43. The van der Waals surface area contributed by atoms with Crippen LogP contribution in [0.2, 0.25) is 0 Å². The molecular formula is C9H5ClF3IO2. The van der Waals surface area contributed by atoms with E-state index in [0.29, 0.717) is 0 Å². The van der Waals surface area contributed by atoms with Crippen LogP contribution in [0.15, 0.2) is 18.2 Å². The zero-order chi connectivity index (χ0) is 12.3. The van der Waals surface area contributed by atoms with E-state index in [1.54, 1.807) is 22.6 Å². The number of alkyl halides is 4. The van der Waals surface area contributed by atoms with Gasteiger partial charge in [0, 0.05) is 0 Å². The average molecular weight is 364 g/mol. The Bertz CT molecular complexity index is 406. The minimum Gasteiger partial charge on any atom is -0.404 e. The van der Waals surface area contributed by atoms with Gasteiger partial charge in [0.1, 0.15) is 0 Å². The lowest BCUT2D eigenvalue weighted by atomic mass is 10.1. The minimum absolute atomic E-state index is 0.167. The lowest BCUT2D eigenvalue weighted by Crippen LogP contribution is -2.20. The van der Waals surface area contributed by atoms with Gasteiger partial charge in [-0.05, 0) is 34.7 Å². The van der Waals surface area contributed by atoms with Crippen molar-refractivity contribution in [3.63, 3.8) is 0 Å². The van der Waals surface area contributed by atoms with Gasteiger partial charge in [0.05, 0.1) is 15.0 Å². The zero-order valence-corrected chi connectivity index (χ0v) is 10.6. The molecule has 1 aromatic rings. The van der Waals surface area contributed by atoms with E-state index in [4.69, 9.17) is 11.6 Å². The molecule has 0 heterocycles. The molecule has 0 saturated heterocycles. The molecule has 0 amide bonds. The molecule has 7 heteroatoms. The van der Waals surface area contributed by atoms with Gasteiger partial charge in [0.2, 0.25) is 0 Å². The number of carbonyl (C=O) groups excluding carboxylic acids is 1. The van der Waals surface area contributed by atoms with Crippen molar-refractivity contribution in [2.75, 3.05) is 5.88 Å². The zero-order valence-electron chi connectivity index (χ0n) is 7.65. The van der Waals surface area contributed by atoms with Crippen molar-refractivity contribution in [2.45, 2.75) is 6.36 Å². The van der Waals surface area contributed by atoms with Crippen LogP contribution in [0.25, 0.3) is 0 Å². The summed E-state index contributed by atoms with van der Waals surface area (Å²) in [5.74, 6) is -1.51. The fraction of sp³-hybridized carbons (Fsp3) is 0.222. The van der Waals surface area contributed by atoms with E-state index in [1.165, 1.54) is 18.2 Å². The molecule has 0 bridgehead atoms. The molecule has 0 aliphatic heterocycles. The number of halogens is 5. The molecule has 0 fully saturated rings. The summed E-state index contributed by atoms with van der Waals surface area (Å²) in [5.41, 5.74) is -0.167. The molecule has 0 spiro atoms. The lowest BCUT2D eigenvalue weighted by Gasteiger charge is -2.13. The second-order valence-corrected chi connectivity index (χ2v) is 4.15. The average Bonchev–Trinajstić information content (AvgIpc) is 2.18.